The number of aliphatic hydroxyl groups is 1. The lowest BCUT2D eigenvalue weighted by molar-refractivity contribution is 0.274. The van der Waals surface area contributed by atoms with Crippen LogP contribution in [-0.2, 0) is 13.2 Å². The van der Waals surface area contributed by atoms with Crippen LogP contribution >= 0.6 is 0 Å². The van der Waals surface area contributed by atoms with E-state index in [1.165, 1.54) is 0 Å². The lowest BCUT2D eigenvalue weighted by atomic mass is 10.1. The van der Waals surface area contributed by atoms with Gasteiger partial charge in [0.15, 0.2) is 0 Å². The quantitative estimate of drug-likeness (QED) is 0.812. The summed E-state index contributed by atoms with van der Waals surface area (Å²) >= 11 is 0. The molecule has 0 spiro atoms. The van der Waals surface area contributed by atoms with Gasteiger partial charge in [0, 0.05) is 29.8 Å². The van der Waals surface area contributed by atoms with Gasteiger partial charge in [0.05, 0.1) is 19.2 Å². The molecule has 2 rings (SSSR count). The van der Waals surface area contributed by atoms with Crippen LogP contribution in [0.5, 0.6) is 5.75 Å². The molecule has 4 nitrogen and oxygen atoms in total. The molecular weight excluding hydrogens is 204 g/mol. The zero-order valence-corrected chi connectivity index (χ0v) is 9.10. The van der Waals surface area contributed by atoms with Gasteiger partial charge in [0.25, 0.3) is 0 Å². The first-order valence-electron chi connectivity index (χ1n) is 5.05. The number of aromatic nitrogens is 1. The van der Waals surface area contributed by atoms with Crippen molar-refractivity contribution in [3.05, 3.63) is 35.5 Å². The predicted octanol–water partition coefficient (Wildman–Crippen LogP) is 1.19. The minimum absolute atomic E-state index is 0.0575. The monoisotopic (exact) mass is 218 g/mol. The molecular formula is C12H14N2O2. The molecule has 1 aromatic carbocycles. The Morgan fingerprint density at radius 3 is 2.81 bits per heavy atom. The van der Waals surface area contributed by atoms with Gasteiger partial charge in [-0.1, -0.05) is 0 Å². The Hall–Kier alpha value is -1.65. The largest absolute Gasteiger partial charge is 0.496 e. The van der Waals surface area contributed by atoms with Crippen molar-refractivity contribution in [3.63, 3.8) is 0 Å². The molecule has 3 N–H and O–H groups in total. The fourth-order valence-electron chi connectivity index (χ4n) is 1.77. The summed E-state index contributed by atoms with van der Waals surface area (Å²) in [7, 11) is 1.58. The molecule has 0 saturated heterocycles. The first-order chi connectivity index (χ1) is 7.80. The maximum Gasteiger partial charge on any atom is 0.126 e. The van der Waals surface area contributed by atoms with E-state index in [-0.39, 0.29) is 6.61 Å². The van der Waals surface area contributed by atoms with Crippen molar-refractivity contribution in [3.8, 4) is 5.75 Å². The summed E-state index contributed by atoms with van der Waals surface area (Å²) in [5.74, 6) is 0.650. The zero-order valence-electron chi connectivity index (χ0n) is 9.10. The third-order valence-corrected chi connectivity index (χ3v) is 2.62. The summed E-state index contributed by atoms with van der Waals surface area (Å²) < 4.78 is 5.19. The second-order valence-electron chi connectivity index (χ2n) is 3.51. The van der Waals surface area contributed by atoms with Gasteiger partial charge in [-0.2, -0.15) is 0 Å². The molecule has 84 valence electrons. The number of ether oxygens (including phenoxy) is 1. The summed E-state index contributed by atoms with van der Waals surface area (Å²) in [5, 5.41) is 10.2. The van der Waals surface area contributed by atoms with E-state index in [9.17, 15) is 5.11 Å². The fourth-order valence-corrected chi connectivity index (χ4v) is 1.77. The molecule has 0 bridgehead atoms. The van der Waals surface area contributed by atoms with Crippen LogP contribution in [-0.4, -0.2) is 17.2 Å². The lowest BCUT2D eigenvalue weighted by Gasteiger charge is -2.10. The van der Waals surface area contributed by atoms with Gasteiger partial charge in [-0.3, -0.25) is 4.98 Å². The van der Waals surface area contributed by atoms with E-state index in [1.807, 2.05) is 18.2 Å². The number of benzene rings is 1. The molecule has 0 atom stereocenters. The Balaban J connectivity index is 2.72. The highest BCUT2D eigenvalue weighted by molar-refractivity contribution is 5.84. The number of nitrogens with two attached hydrogens (primary N) is 1. The first-order valence-corrected chi connectivity index (χ1v) is 5.05. The molecule has 0 unspecified atom stereocenters. The van der Waals surface area contributed by atoms with Crippen LogP contribution in [0.15, 0.2) is 24.4 Å². The van der Waals surface area contributed by atoms with Gasteiger partial charge < -0.3 is 15.6 Å². The summed E-state index contributed by atoms with van der Waals surface area (Å²) in [6.07, 6.45) is 1.72. The van der Waals surface area contributed by atoms with Gasteiger partial charge in [-0.05, 0) is 17.7 Å². The number of fused-ring (bicyclic) bond motifs is 1. The third kappa shape index (κ3) is 1.73. The number of aliphatic hydroxyl groups excluding tert-OH is 1. The van der Waals surface area contributed by atoms with E-state index in [4.69, 9.17) is 10.5 Å². The van der Waals surface area contributed by atoms with Crippen molar-refractivity contribution in [1.82, 2.24) is 4.98 Å². The maximum atomic E-state index is 9.24. The molecule has 1 heterocycles. The molecule has 0 saturated carbocycles. The molecule has 0 aliphatic heterocycles. The van der Waals surface area contributed by atoms with Crippen molar-refractivity contribution in [2.75, 3.05) is 7.11 Å². The summed E-state index contributed by atoms with van der Waals surface area (Å²) in [5.41, 5.74) is 8.25. The number of methoxy groups -OCH3 is 1. The van der Waals surface area contributed by atoms with E-state index in [1.54, 1.807) is 13.3 Å². The third-order valence-electron chi connectivity index (χ3n) is 2.62. The number of rotatable bonds is 3. The Morgan fingerprint density at radius 1 is 1.38 bits per heavy atom. The number of hydrogen-bond acceptors (Lipinski definition) is 4. The van der Waals surface area contributed by atoms with Crippen LogP contribution in [0.3, 0.4) is 0 Å². The van der Waals surface area contributed by atoms with Gasteiger partial charge in [-0.15, -0.1) is 0 Å². The van der Waals surface area contributed by atoms with Crippen LogP contribution < -0.4 is 10.5 Å². The summed E-state index contributed by atoms with van der Waals surface area (Å²) in [4.78, 5) is 4.26. The molecule has 0 amide bonds. The first kappa shape index (κ1) is 10.9. The number of pyridine rings is 1. The highest BCUT2D eigenvalue weighted by atomic mass is 16.5. The highest BCUT2D eigenvalue weighted by Gasteiger charge is 2.07. The molecule has 1 aromatic heterocycles. The van der Waals surface area contributed by atoms with Gasteiger partial charge >= 0.3 is 0 Å². The Labute approximate surface area is 93.7 Å². The molecule has 2 aromatic rings. The minimum atomic E-state index is -0.0575. The SMILES string of the molecule is COc1cc2nccc(CN)c2cc1CO. The molecule has 0 fully saturated rings. The minimum Gasteiger partial charge on any atom is -0.496 e. The van der Waals surface area contributed by atoms with Crippen molar-refractivity contribution in [2.45, 2.75) is 13.2 Å². The molecule has 0 radical (unpaired) electrons. The van der Waals surface area contributed by atoms with Crippen molar-refractivity contribution in [2.24, 2.45) is 5.73 Å². The lowest BCUT2D eigenvalue weighted by Crippen LogP contribution is -1.99. The Kier molecular flexibility index (Phi) is 3.03. The van der Waals surface area contributed by atoms with Gasteiger partial charge in [0.2, 0.25) is 0 Å². The molecule has 0 aliphatic carbocycles. The smallest absolute Gasteiger partial charge is 0.126 e. The average Bonchev–Trinajstić information content (AvgIpc) is 2.36. The standard InChI is InChI=1S/C12H14N2O2/c1-16-12-5-11-10(4-9(12)7-15)8(6-13)2-3-14-11/h2-5,15H,6-7,13H2,1H3. The van der Waals surface area contributed by atoms with Crippen LogP contribution in [0.1, 0.15) is 11.1 Å². The van der Waals surface area contributed by atoms with Crippen molar-refractivity contribution in [1.29, 1.82) is 0 Å². The van der Waals surface area contributed by atoms with Gasteiger partial charge in [-0.25, -0.2) is 0 Å². The van der Waals surface area contributed by atoms with E-state index in [0.717, 1.165) is 22.0 Å². The van der Waals surface area contributed by atoms with E-state index in [2.05, 4.69) is 4.98 Å². The highest BCUT2D eigenvalue weighted by Crippen LogP contribution is 2.26. The maximum absolute atomic E-state index is 9.24. The topological polar surface area (TPSA) is 68.4 Å². The molecule has 4 heteroatoms. The number of hydrogen-bond donors (Lipinski definition) is 2. The Bertz CT molecular complexity index is 512. The van der Waals surface area contributed by atoms with Crippen LogP contribution in [0.25, 0.3) is 10.9 Å². The molecule has 0 aliphatic rings. The second-order valence-corrected chi connectivity index (χ2v) is 3.51. The number of nitrogens with zero attached hydrogens (tertiary/aromatic N) is 1. The summed E-state index contributed by atoms with van der Waals surface area (Å²) in [6.45, 7) is 0.397. The van der Waals surface area contributed by atoms with E-state index < -0.39 is 0 Å². The van der Waals surface area contributed by atoms with Crippen molar-refractivity contribution < 1.29 is 9.84 Å². The molecule has 16 heavy (non-hydrogen) atoms. The van der Waals surface area contributed by atoms with Crippen LogP contribution in [0, 0.1) is 0 Å². The Morgan fingerprint density at radius 2 is 2.19 bits per heavy atom. The normalized spacial score (nSPS) is 10.7. The zero-order chi connectivity index (χ0) is 11.5. The van der Waals surface area contributed by atoms with E-state index >= 15 is 0 Å². The second kappa shape index (κ2) is 4.47. The van der Waals surface area contributed by atoms with Crippen LogP contribution in [0.2, 0.25) is 0 Å². The van der Waals surface area contributed by atoms with Crippen molar-refractivity contribution >= 4 is 10.9 Å². The predicted molar refractivity (Wildman–Crippen MR) is 62.1 cm³/mol. The van der Waals surface area contributed by atoms with Crippen LogP contribution in [0.4, 0.5) is 0 Å². The fraction of sp³-hybridized carbons (Fsp3) is 0.250. The van der Waals surface area contributed by atoms with Gasteiger partial charge in [0.1, 0.15) is 5.75 Å². The average molecular weight is 218 g/mol. The van der Waals surface area contributed by atoms with E-state index in [0.29, 0.717) is 12.3 Å². The summed E-state index contributed by atoms with van der Waals surface area (Å²) in [6, 6.07) is 5.58.